The molecule has 1 atom stereocenters. The molecule has 1 fully saturated rings. The summed E-state index contributed by atoms with van der Waals surface area (Å²) in [5, 5.41) is 2.98. The second-order valence-electron chi connectivity index (χ2n) is 6.50. The van der Waals surface area contributed by atoms with E-state index in [2.05, 4.69) is 27.3 Å². The Labute approximate surface area is 149 Å². The Morgan fingerprint density at radius 3 is 2.76 bits per heavy atom. The molecule has 1 N–H and O–H groups in total. The third-order valence-corrected chi connectivity index (χ3v) is 4.83. The van der Waals surface area contributed by atoms with Gasteiger partial charge >= 0.3 is 0 Å². The summed E-state index contributed by atoms with van der Waals surface area (Å²) in [6.07, 6.45) is 2.33. The topological polar surface area (TPSA) is 54.5 Å². The largest absolute Gasteiger partial charge is 0.496 e. The van der Waals surface area contributed by atoms with Crippen LogP contribution in [0.3, 0.4) is 0 Å². The van der Waals surface area contributed by atoms with Crippen molar-refractivity contribution in [3.05, 3.63) is 58.9 Å². The van der Waals surface area contributed by atoms with Crippen molar-refractivity contribution in [2.45, 2.75) is 32.9 Å². The summed E-state index contributed by atoms with van der Waals surface area (Å²) >= 11 is 0. The van der Waals surface area contributed by atoms with Crippen LogP contribution in [-0.2, 0) is 11.3 Å². The van der Waals surface area contributed by atoms with Crippen LogP contribution in [0.15, 0.2) is 36.5 Å². The van der Waals surface area contributed by atoms with Gasteiger partial charge in [-0.05, 0) is 19.4 Å². The van der Waals surface area contributed by atoms with Gasteiger partial charge in [-0.2, -0.15) is 0 Å². The van der Waals surface area contributed by atoms with Crippen LogP contribution in [0.2, 0.25) is 0 Å². The van der Waals surface area contributed by atoms with E-state index in [-0.39, 0.29) is 11.9 Å². The Morgan fingerprint density at radius 1 is 1.28 bits per heavy atom. The molecule has 0 spiro atoms. The number of ether oxygens (including phenoxy) is 1. The van der Waals surface area contributed by atoms with Gasteiger partial charge in [0.05, 0.1) is 12.8 Å². The van der Waals surface area contributed by atoms with E-state index >= 15 is 0 Å². The minimum Gasteiger partial charge on any atom is -0.496 e. The van der Waals surface area contributed by atoms with Crippen LogP contribution in [0.4, 0.5) is 0 Å². The molecular weight excluding hydrogens is 314 g/mol. The van der Waals surface area contributed by atoms with E-state index in [9.17, 15) is 4.79 Å². The monoisotopic (exact) mass is 339 g/mol. The van der Waals surface area contributed by atoms with Crippen LogP contribution >= 0.6 is 0 Å². The van der Waals surface area contributed by atoms with Gasteiger partial charge in [-0.3, -0.25) is 14.7 Å². The van der Waals surface area contributed by atoms with Crippen molar-refractivity contribution >= 4 is 5.91 Å². The zero-order valence-corrected chi connectivity index (χ0v) is 15.1. The standard InChI is InChI=1S/C20H25N3O2/c1-14-12-22-17(15(2)20(14)25-3)13-23-10-9-21-19(24)11-18(23)16-7-5-4-6-8-16/h4-8,12,18H,9-11,13H2,1-3H3,(H,21,24)/t18-/m0/s1. The van der Waals surface area contributed by atoms with E-state index in [0.717, 1.165) is 34.7 Å². The number of hydrogen-bond donors (Lipinski definition) is 1. The number of nitrogens with zero attached hydrogens (tertiary/aromatic N) is 2. The maximum Gasteiger partial charge on any atom is 0.221 e. The van der Waals surface area contributed by atoms with Gasteiger partial charge in [-0.15, -0.1) is 0 Å². The van der Waals surface area contributed by atoms with Crippen molar-refractivity contribution < 1.29 is 9.53 Å². The van der Waals surface area contributed by atoms with Gasteiger partial charge < -0.3 is 10.1 Å². The van der Waals surface area contributed by atoms with Crippen molar-refractivity contribution in [3.63, 3.8) is 0 Å². The second-order valence-corrected chi connectivity index (χ2v) is 6.50. The molecule has 0 radical (unpaired) electrons. The van der Waals surface area contributed by atoms with Crippen molar-refractivity contribution in [1.29, 1.82) is 0 Å². The Bertz CT molecular complexity index is 746. The van der Waals surface area contributed by atoms with Gasteiger partial charge in [-0.1, -0.05) is 30.3 Å². The van der Waals surface area contributed by atoms with Crippen molar-refractivity contribution in [3.8, 4) is 5.75 Å². The lowest BCUT2D eigenvalue weighted by Gasteiger charge is -2.29. The number of pyridine rings is 1. The van der Waals surface area contributed by atoms with E-state index in [1.807, 2.05) is 38.2 Å². The molecule has 1 aromatic heterocycles. The van der Waals surface area contributed by atoms with E-state index in [4.69, 9.17) is 4.74 Å². The predicted molar refractivity (Wildman–Crippen MR) is 97.5 cm³/mol. The van der Waals surface area contributed by atoms with Gasteiger partial charge in [0.1, 0.15) is 5.75 Å². The molecule has 1 aromatic carbocycles. The second kappa shape index (κ2) is 7.66. The highest BCUT2D eigenvalue weighted by Crippen LogP contribution is 2.30. The highest BCUT2D eigenvalue weighted by atomic mass is 16.5. The van der Waals surface area contributed by atoms with Gasteiger partial charge in [0, 0.05) is 49.4 Å². The number of carbonyl (C=O) groups is 1. The maximum absolute atomic E-state index is 12.1. The number of amides is 1. The molecule has 2 aromatic rings. The maximum atomic E-state index is 12.1. The summed E-state index contributed by atoms with van der Waals surface area (Å²) < 4.78 is 5.53. The first kappa shape index (κ1) is 17.4. The van der Waals surface area contributed by atoms with Gasteiger partial charge in [-0.25, -0.2) is 0 Å². The first-order chi connectivity index (χ1) is 12.1. The minimum absolute atomic E-state index is 0.0530. The number of benzene rings is 1. The molecule has 0 unspecified atom stereocenters. The number of aryl methyl sites for hydroxylation is 1. The van der Waals surface area contributed by atoms with Crippen LogP contribution in [0.5, 0.6) is 5.75 Å². The molecule has 5 nitrogen and oxygen atoms in total. The van der Waals surface area contributed by atoms with Crippen molar-refractivity contribution in [2.24, 2.45) is 0 Å². The summed E-state index contributed by atoms with van der Waals surface area (Å²) in [6.45, 7) is 6.20. The summed E-state index contributed by atoms with van der Waals surface area (Å²) in [7, 11) is 1.69. The Morgan fingerprint density at radius 2 is 2.04 bits per heavy atom. The van der Waals surface area contributed by atoms with Gasteiger partial charge in [0.25, 0.3) is 0 Å². The third-order valence-electron chi connectivity index (χ3n) is 4.83. The number of rotatable bonds is 4. The number of aromatic nitrogens is 1. The van der Waals surface area contributed by atoms with Crippen LogP contribution in [0, 0.1) is 13.8 Å². The quantitative estimate of drug-likeness (QED) is 0.931. The lowest BCUT2D eigenvalue weighted by molar-refractivity contribution is -0.121. The van der Waals surface area contributed by atoms with Gasteiger partial charge in [0.2, 0.25) is 5.91 Å². The molecule has 0 saturated carbocycles. The molecule has 25 heavy (non-hydrogen) atoms. The van der Waals surface area contributed by atoms with E-state index in [1.54, 1.807) is 7.11 Å². The summed E-state index contributed by atoms with van der Waals surface area (Å²) in [5.74, 6) is 0.993. The zero-order chi connectivity index (χ0) is 17.8. The lowest BCUT2D eigenvalue weighted by atomic mass is 10.0. The molecule has 1 saturated heterocycles. The molecule has 1 aliphatic heterocycles. The fraction of sp³-hybridized carbons (Fsp3) is 0.400. The third kappa shape index (κ3) is 3.82. The average Bonchev–Trinajstić information content (AvgIpc) is 2.80. The number of methoxy groups -OCH3 is 1. The molecule has 1 amide bonds. The fourth-order valence-corrected chi connectivity index (χ4v) is 3.49. The molecular formula is C20H25N3O2. The van der Waals surface area contributed by atoms with Crippen molar-refractivity contribution in [2.75, 3.05) is 20.2 Å². The fourth-order valence-electron chi connectivity index (χ4n) is 3.49. The first-order valence-electron chi connectivity index (χ1n) is 8.65. The van der Waals surface area contributed by atoms with E-state index in [0.29, 0.717) is 19.5 Å². The van der Waals surface area contributed by atoms with Gasteiger partial charge in [0.15, 0.2) is 0 Å². The normalized spacial score (nSPS) is 18.5. The first-order valence-corrected chi connectivity index (χ1v) is 8.65. The molecule has 2 heterocycles. The summed E-state index contributed by atoms with van der Waals surface area (Å²) in [4.78, 5) is 19.1. The zero-order valence-electron chi connectivity index (χ0n) is 15.1. The van der Waals surface area contributed by atoms with E-state index < -0.39 is 0 Å². The van der Waals surface area contributed by atoms with Crippen LogP contribution in [-0.4, -0.2) is 36.0 Å². The van der Waals surface area contributed by atoms with Crippen molar-refractivity contribution in [1.82, 2.24) is 15.2 Å². The average molecular weight is 339 g/mol. The summed E-state index contributed by atoms with van der Waals surface area (Å²) in [6, 6.07) is 10.3. The predicted octanol–water partition coefficient (Wildman–Crippen LogP) is 2.77. The Hall–Kier alpha value is -2.40. The minimum atomic E-state index is 0.0530. The van der Waals surface area contributed by atoms with Crippen LogP contribution < -0.4 is 10.1 Å². The Balaban J connectivity index is 1.92. The number of hydrogen-bond acceptors (Lipinski definition) is 4. The highest BCUT2D eigenvalue weighted by molar-refractivity contribution is 5.77. The summed E-state index contributed by atoms with van der Waals surface area (Å²) in [5.41, 5.74) is 4.27. The molecule has 1 aliphatic rings. The molecule has 0 bridgehead atoms. The molecule has 3 rings (SSSR count). The lowest BCUT2D eigenvalue weighted by Crippen LogP contribution is -2.31. The molecule has 0 aliphatic carbocycles. The Kier molecular flexibility index (Phi) is 5.34. The smallest absolute Gasteiger partial charge is 0.221 e. The highest BCUT2D eigenvalue weighted by Gasteiger charge is 2.27. The number of carbonyl (C=O) groups excluding carboxylic acids is 1. The van der Waals surface area contributed by atoms with E-state index in [1.165, 1.54) is 0 Å². The molecule has 5 heteroatoms. The van der Waals surface area contributed by atoms with Crippen LogP contribution in [0.25, 0.3) is 0 Å². The SMILES string of the molecule is COc1c(C)cnc(CN2CCNC(=O)C[C@H]2c2ccccc2)c1C. The molecule has 132 valence electrons. The van der Waals surface area contributed by atoms with Crippen LogP contribution in [0.1, 0.15) is 34.8 Å². The number of nitrogens with one attached hydrogen (secondary N) is 1.